The van der Waals surface area contributed by atoms with Crippen molar-refractivity contribution in [2.24, 2.45) is 0 Å². The van der Waals surface area contributed by atoms with Crippen molar-refractivity contribution < 1.29 is 8.42 Å². The van der Waals surface area contributed by atoms with Crippen LogP contribution in [0.15, 0.2) is 23.1 Å². The van der Waals surface area contributed by atoms with Crippen LogP contribution in [0.3, 0.4) is 0 Å². The van der Waals surface area contributed by atoms with Gasteiger partial charge in [0.15, 0.2) is 0 Å². The Morgan fingerprint density at radius 2 is 1.33 bits per heavy atom. The molecule has 21 heavy (non-hydrogen) atoms. The largest absolute Gasteiger partial charge is 0.264 e. The van der Waals surface area contributed by atoms with Crippen LogP contribution < -0.4 is 4.72 Å². The summed E-state index contributed by atoms with van der Waals surface area (Å²) in [6.07, 6.45) is 0. The zero-order valence-electron chi connectivity index (χ0n) is 12.9. The van der Waals surface area contributed by atoms with Crippen LogP contribution in [0, 0.1) is 34.6 Å². The molecule has 0 amide bonds. The van der Waals surface area contributed by atoms with E-state index in [-0.39, 0.29) is 10.8 Å². The highest BCUT2D eigenvalue weighted by atomic mass is 32.2. The van der Waals surface area contributed by atoms with Crippen LogP contribution in [0.5, 0.6) is 0 Å². The molecule has 1 N–H and O–H groups in total. The lowest BCUT2D eigenvalue weighted by Crippen LogP contribution is -2.18. The molecule has 1 aromatic heterocycles. The van der Waals surface area contributed by atoms with Crippen molar-refractivity contribution in [3.8, 4) is 0 Å². The molecule has 0 saturated carbocycles. The van der Waals surface area contributed by atoms with Crippen molar-refractivity contribution in [3.05, 3.63) is 46.3 Å². The predicted molar refractivity (Wildman–Crippen MR) is 83.0 cm³/mol. The number of hydrogen-bond donors (Lipinski definition) is 1. The number of anilines is 1. The van der Waals surface area contributed by atoms with E-state index in [0.717, 1.165) is 17.0 Å². The smallest absolute Gasteiger partial charge is 0.247 e. The lowest BCUT2D eigenvalue weighted by Gasteiger charge is -2.13. The average Bonchev–Trinajstić information content (AvgIpc) is 2.23. The van der Waals surface area contributed by atoms with Gasteiger partial charge in [0.25, 0.3) is 10.0 Å². The third-order valence-corrected chi connectivity index (χ3v) is 4.71. The molecule has 5 nitrogen and oxygen atoms in total. The maximum atomic E-state index is 12.6. The zero-order valence-corrected chi connectivity index (χ0v) is 13.7. The number of sulfonamides is 1. The van der Waals surface area contributed by atoms with Crippen LogP contribution >= 0.6 is 0 Å². The maximum Gasteiger partial charge on any atom is 0.264 e. The zero-order chi connectivity index (χ0) is 15.8. The van der Waals surface area contributed by atoms with Gasteiger partial charge in [-0.15, -0.1) is 0 Å². The van der Waals surface area contributed by atoms with E-state index in [1.54, 1.807) is 33.8 Å². The number of nitrogens with zero attached hydrogens (tertiary/aromatic N) is 2. The fourth-order valence-electron chi connectivity index (χ4n) is 2.53. The fraction of sp³-hybridized carbons (Fsp3) is 0.333. The molecule has 0 fully saturated rings. The summed E-state index contributed by atoms with van der Waals surface area (Å²) in [7, 11) is -3.70. The van der Waals surface area contributed by atoms with Gasteiger partial charge in [-0.1, -0.05) is 17.7 Å². The van der Waals surface area contributed by atoms with Gasteiger partial charge in [-0.05, 0) is 51.8 Å². The van der Waals surface area contributed by atoms with Gasteiger partial charge in [-0.25, -0.2) is 23.1 Å². The average molecular weight is 305 g/mol. The van der Waals surface area contributed by atoms with E-state index in [1.165, 1.54) is 0 Å². The van der Waals surface area contributed by atoms with Gasteiger partial charge in [0.1, 0.15) is 0 Å². The minimum atomic E-state index is -3.70. The lowest BCUT2D eigenvalue weighted by molar-refractivity contribution is 0.599. The van der Waals surface area contributed by atoms with Gasteiger partial charge in [-0.2, -0.15) is 0 Å². The van der Waals surface area contributed by atoms with Gasteiger partial charge < -0.3 is 0 Å². The van der Waals surface area contributed by atoms with Crippen molar-refractivity contribution in [1.82, 2.24) is 9.97 Å². The Hall–Kier alpha value is -1.95. The molecule has 0 radical (unpaired) electrons. The number of benzene rings is 1. The Labute approximate surface area is 125 Å². The fourth-order valence-corrected chi connectivity index (χ4v) is 3.93. The second-order valence-corrected chi connectivity index (χ2v) is 6.93. The molecule has 0 aliphatic rings. The molecule has 1 heterocycles. The van der Waals surface area contributed by atoms with Gasteiger partial charge in [0.2, 0.25) is 5.95 Å². The van der Waals surface area contributed by atoms with Gasteiger partial charge >= 0.3 is 0 Å². The van der Waals surface area contributed by atoms with E-state index in [1.807, 2.05) is 19.1 Å². The third kappa shape index (κ3) is 3.39. The number of hydrogen-bond acceptors (Lipinski definition) is 4. The molecular formula is C15H19N3O2S. The Kier molecular flexibility index (Phi) is 4.00. The number of rotatable bonds is 3. The molecule has 0 atom stereocenters. The summed E-state index contributed by atoms with van der Waals surface area (Å²) in [4.78, 5) is 8.53. The second kappa shape index (κ2) is 5.44. The first-order valence-electron chi connectivity index (χ1n) is 6.62. The predicted octanol–water partition coefficient (Wildman–Crippen LogP) is 2.82. The van der Waals surface area contributed by atoms with E-state index in [2.05, 4.69) is 14.7 Å². The highest BCUT2D eigenvalue weighted by Gasteiger charge is 2.21. The van der Waals surface area contributed by atoms with Gasteiger partial charge in [0, 0.05) is 11.4 Å². The standard InChI is InChI=1S/C15H19N3O2S/c1-9-6-10(2)14(11(3)7-9)21(19,20)18-15-16-12(4)8-13(5)17-15/h6-8H,1-5H3,(H,16,17,18). The van der Waals surface area contributed by atoms with Crippen LogP contribution in [0.25, 0.3) is 0 Å². The minimum absolute atomic E-state index is 0.104. The number of nitrogens with one attached hydrogen (secondary N) is 1. The van der Waals surface area contributed by atoms with E-state index < -0.39 is 10.0 Å². The minimum Gasteiger partial charge on any atom is -0.247 e. The SMILES string of the molecule is Cc1cc(C)c(S(=O)(=O)Nc2nc(C)cc(C)n2)c(C)c1. The summed E-state index contributed by atoms with van der Waals surface area (Å²) < 4.78 is 27.6. The van der Waals surface area contributed by atoms with Crippen LogP contribution in [0.4, 0.5) is 5.95 Å². The first kappa shape index (κ1) is 15.4. The molecule has 0 saturated heterocycles. The van der Waals surface area contributed by atoms with Crippen molar-refractivity contribution >= 4 is 16.0 Å². The third-order valence-electron chi connectivity index (χ3n) is 3.08. The molecule has 0 aliphatic carbocycles. The van der Waals surface area contributed by atoms with Crippen LogP contribution in [-0.2, 0) is 10.0 Å². The summed E-state index contributed by atoms with van der Waals surface area (Å²) in [6.45, 7) is 9.12. The van der Waals surface area contributed by atoms with Crippen molar-refractivity contribution in [2.45, 2.75) is 39.5 Å². The summed E-state index contributed by atoms with van der Waals surface area (Å²) in [5.41, 5.74) is 3.90. The second-order valence-electron chi connectivity index (χ2n) is 5.31. The van der Waals surface area contributed by atoms with Crippen molar-refractivity contribution in [1.29, 1.82) is 0 Å². The van der Waals surface area contributed by atoms with Gasteiger partial charge in [-0.3, -0.25) is 0 Å². The molecule has 6 heteroatoms. The highest BCUT2D eigenvalue weighted by Crippen LogP contribution is 2.23. The number of aryl methyl sites for hydroxylation is 5. The Bertz CT molecular complexity index is 755. The Balaban J connectivity index is 2.48. The van der Waals surface area contributed by atoms with E-state index >= 15 is 0 Å². The van der Waals surface area contributed by atoms with Crippen molar-refractivity contribution in [3.63, 3.8) is 0 Å². The molecule has 2 aromatic rings. The highest BCUT2D eigenvalue weighted by molar-refractivity contribution is 7.92. The normalized spacial score (nSPS) is 11.5. The van der Waals surface area contributed by atoms with E-state index in [9.17, 15) is 8.42 Å². The first-order valence-corrected chi connectivity index (χ1v) is 8.10. The maximum absolute atomic E-state index is 12.6. The summed E-state index contributed by atoms with van der Waals surface area (Å²) in [5.74, 6) is 0.104. The molecule has 1 aromatic carbocycles. The first-order chi connectivity index (χ1) is 9.69. The van der Waals surface area contributed by atoms with Crippen LogP contribution in [0.2, 0.25) is 0 Å². The number of aromatic nitrogens is 2. The molecule has 0 spiro atoms. The molecule has 0 aliphatic heterocycles. The summed E-state index contributed by atoms with van der Waals surface area (Å²) in [5, 5.41) is 0. The van der Waals surface area contributed by atoms with Crippen LogP contribution in [0.1, 0.15) is 28.1 Å². The van der Waals surface area contributed by atoms with E-state index in [4.69, 9.17) is 0 Å². The molecule has 112 valence electrons. The van der Waals surface area contributed by atoms with E-state index in [0.29, 0.717) is 11.1 Å². The van der Waals surface area contributed by atoms with Crippen LogP contribution in [-0.4, -0.2) is 18.4 Å². The summed E-state index contributed by atoms with van der Waals surface area (Å²) >= 11 is 0. The lowest BCUT2D eigenvalue weighted by atomic mass is 10.1. The quantitative estimate of drug-likeness (QED) is 0.946. The van der Waals surface area contributed by atoms with Crippen molar-refractivity contribution in [2.75, 3.05) is 4.72 Å². The molecule has 0 unspecified atom stereocenters. The topological polar surface area (TPSA) is 72.0 Å². The molecular weight excluding hydrogens is 286 g/mol. The van der Waals surface area contributed by atoms with Gasteiger partial charge in [0.05, 0.1) is 4.90 Å². The molecule has 0 bridgehead atoms. The Morgan fingerprint density at radius 1 is 0.857 bits per heavy atom. The molecule has 2 rings (SSSR count). The summed E-state index contributed by atoms with van der Waals surface area (Å²) in [6, 6.07) is 5.49. The monoisotopic (exact) mass is 305 g/mol. The Morgan fingerprint density at radius 3 is 1.81 bits per heavy atom.